The van der Waals surface area contributed by atoms with Gasteiger partial charge in [0.15, 0.2) is 11.5 Å². The molecule has 3 atom stereocenters. The number of alkyl halides is 1. The highest BCUT2D eigenvalue weighted by Crippen LogP contribution is 2.45. The zero-order valence-corrected chi connectivity index (χ0v) is 18.3. The number of fused-ring (bicyclic) bond motifs is 3. The number of methoxy groups -OCH3 is 1. The van der Waals surface area contributed by atoms with E-state index in [-0.39, 0.29) is 24.2 Å². The molecule has 2 heterocycles. The Hall–Kier alpha value is -1.33. The van der Waals surface area contributed by atoms with Gasteiger partial charge in [-0.1, -0.05) is 20.8 Å². The molecule has 4 rings (SSSR count). The summed E-state index contributed by atoms with van der Waals surface area (Å²) in [6.07, 6.45) is 4.57. The summed E-state index contributed by atoms with van der Waals surface area (Å²) in [6, 6.07) is 4.32. The van der Waals surface area contributed by atoms with Gasteiger partial charge in [-0.25, -0.2) is 4.39 Å². The summed E-state index contributed by atoms with van der Waals surface area (Å²) in [6.45, 7) is 8.76. The number of benzene rings is 1. The van der Waals surface area contributed by atoms with Gasteiger partial charge in [0.1, 0.15) is 12.3 Å². The SMILES string of the molecule is COc1cc2c(cc1OCC1(F)CCC1)CCN1CC(CC(C)(C)C)C(O)CC21. The van der Waals surface area contributed by atoms with Crippen molar-refractivity contribution >= 4 is 0 Å². The first kappa shape index (κ1) is 20.9. The molecule has 1 aromatic rings. The third kappa shape index (κ3) is 4.41. The molecule has 29 heavy (non-hydrogen) atoms. The number of aliphatic hydroxyl groups excluding tert-OH is 1. The Bertz CT molecular complexity index is 740. The molecule has 162 valence electrons. The molecule has 2 fully saturated rings. The number of hydrogen-bond acceptors (Lipinski definition) is 4. The average molecular weight is 406 g/mol. The lowest BCUT2D eigenvalue weighted by Crippen LogP contribution is -2.48. The number of ether oxygens (including phenoxy) is 2. The molecule has 3 aliphatic rings. The van der Waals surface area contributed by atoms with Crippen molar-refractivity contribution in [2.24, 2.45) is 11.3 Å². The highest BCUT2D eigenvalue weighted by Gasteiger charge is 2.41. The van der Waals surface area contributed by atoms with Crippen molar-refractivity contribution in [2.45, 2.75) is 77.1 Å². The van der Waals surface area contributed by atoms with Gasteiger partial charge in [-0.15, -0.1) is 0 Å². The van der Waals surface area contributed by atoms with Crippen LogP contribution in [0.4, 0.5) is 4.39 Å². The fraction of sp³-hybridized carbons (Fsp3) is 0.750. The van der Waals surface area contributed by atoms with E-state index in [0.717, 1.165) is 38.8 Å². The van der Waals surface area contributed by atoms with Crippen molar-refractivity contribution in [1.29, 1.82) is 0 Å². The molecule has 1 aliphatic carbocycles. The maximum absolute atomic E-state index is 14.4. The number of nitrogens with zero attached hydrogens (tertiary/aromatic N) is 1. The second kappa shape index (κ2) is 7.73. The minimum Gasteiger partial charge on any atom is -0.493 e. The van der Waals surface area contributed by atoms with E-state index in [2.05, 4.69) is 31.7 Å². The van der Waals surface area contributed by atoms with Crippen LogP contribution in [0.2, 0.25) is 0 Å². The van der Waals surface area contributed by atoms with E-state index >= 15 is 0 Å². The summed E-state index contributed by atoms with van der Waals surface area (Å²) in [7, 11) is 1.64. The molecule has 5 heteroatoms. The zero-order valence-electron chi connectivity index (χ0n) is 18.3. The fourth-order valence-corrected chi connectivity index (χ4v) is 5.27. The fourth-order valence-electron chi connectivity index (χ4n) is 5.27. The predicted molar refractivity (Wildman–Crippen MR) is 112 cm³/mol. The molecule has 1 saturated heterocycles. The smallest absolute Gasteiger partial charge is 0.161 e. The standard InChI is InChI=1S/C24H36FNO3/c1-23(2,3)13-17-14-26-9-6-16-10-22(29-15-24(25)7-5-8-24)21(28-4)11-18(16)19(26)12-20(17)27/h10-11,17,19-20,27H,5-9,12-15H2,1-4H3. The van der Waals surface area contributed by atoms with Crippen LogP contribution in [0.25, 0.3) is 0 Å². The first-order valence-corrected chi connectivity index (χ1v) is 11.1. The van der Waals surface area contributed by atoms with Gasteiger partial charge in [0.2, 0.25) is 0 Å². The van der Waals surface area contributed by atoms with Gasteiger partial charge in [-0.3, -0.25) is 4.90 Å². The van der Waals surface area contributed by atoms with Crippen LogP contribution in [0.15, 0.2) is 12.1 Å². The van der Waals surface area contributed by atoms with E-state index in [1.807, 2.05) is 6.07 Å². The van der Waals surface area contributed by atoms with Crippen LogP contribution < -0.4 is 9.47 Å². The van der Waals surface area contributed by atoms with Crippen LogP contribution in [-0.4, -0.2) is 48.6 Å². The highest BCUT2D eigenvalue weighted by atomic mass is 19.1. The van der Waals surface area contributed by atoms with Crippen LogP contribution in [0.3, 0.4) is 0 Å². The molecule has 1 aromatic carbocycles. The van der Waals surface area contributed by atoms with Gasteiger partial charge in [-0.05, 0) is 73.1 Å². The molecular formula is C24H36FNO3. The second-order valence-electron chi connectivity index (χ2n) is 10.6. The molecule has 2 aliphatic heterocycles. The van der Waals surface area contributed by atoms with Gasteiger partial charge in [-0.2, -0.15) is 0 Å². The molecule has 3 unspecified atom stereocenters. The van der Waals surface area contributed by atoms with Gasteiger partial charge < -0.3 is 14.6 Å². The Morgan fingerprint density at radius 3 is 2.62 bits per heavy atom. The number of aliphatic hydroxyl groups is 1. The lowest BCUT2D eigenvalue weighted by molar-refractivity contribution is -0.0260. The van der Waals surface area contributed by atoms with E-state index < -0.39 is 5.67 Å². The van der Waals surface area contributed by atoms with Gasteiger partial charge in [0.05, 0.1) is 13.2 Å². The minimum atomic E-state index is -1.17. The average Bonchev–Trinajstić information content (AvgIpc) is 2.63. The van der Waals surface area contributed by atoms with Crippen LogP contribution >= 0.6 is 0 Å². The molecule has 0 radical (unpaired) electrons. The summed E-state index contributed by atoms with van der Waals surface area (Å²) in [4.78, 5) is 2.52. The van der Waals surface area contributed by atoms with Crippen LogP contribution in [0.5, 0.6) is 11.5 Å². The van der Waals surface area contributed by atoms with Gasteiger partial charge >= 0.3 is 0 Å². The molecule has 1 saturated carbocycles. The molecule has 4 nitrogen and oxygen atoms in total. The minimum absolute atomic E-state index is 0.102. The predicted octanol–water partition coefficient (Wildman–Crippen LogP) is 4.68. The number of halogens is 1. The van der Waals surface area contributed by atoms with Crippen molar-refractivity contribution < 1.29 is 19.0 Å². The lowest BCUT2D eigenvalue weighted by atomic mass is 9.75. The Balaban J connectivity index is 1.52. The quantitative estimate of drug-likeness (QED) is 0.772. The number of hydrogen-bond donors (Lipinski definition) is 1. The first-order valence-electron chi connectivity index (χ1n) is 11.1. The van der Waals surface area contributed by atoms with Crippen LogP contribution in [-0.2, 0) is 6.42 Å². The first-order chi connectivity index (χ1) is 13.7. The van der Waals surface area contributed by atoms with Crippen molar-refractivity contribution in [3.8, 4) is 11.5 Å². The molecule has 0 spiro atoms. The van der Waals surface area contributed by atoms with Crippen LogP contribution in [0, 0.1) is 11.3 Å². The second-order valence-corrected chi connectivity index (χ2v) is 10.6. The van der Waals surface area contributed by atoms with Crippen LogP contribution in [0.1, 0.15) is 70.0 Å². The summed E-state index contributed by atoms with van der Waals surface area (Å²) in [5.41, 5.74) is 1.51. The normalized spacial score (nSPS) is 28.8. The Kier molecular flexibility index (Phi) is 5.58. The van der Waals surface area contributed by atoms with Crippen molar-refractivity contribution in [2.75, 3.05) is 26.8 Å². The summed E-state index contributed by atoms with van der Waals surface area (Å²) < 4.78 is 25.8. The van der Waals surface area contributed by atoms with E-state index in [1.165, 1.54) is 11.1 Å². The van der Waals surface area contributed by atoms with E-state index in [4.69, 9.17) is 9.47 Å². The molecule has 1 N–H and O–H groups in total. The molecule has 0 aromatic heterocycles. The van der Waals surface area contributed by atoms with Gasteiger partial charge in [0, 0.05) is 19.1 Å². The summed E-state index contributed by atoms with van der Waals surface area (Å²) in [5, 5.41) is 10.9. The zero-order chi connectivity index (χ0) is 20.8. The van der Waals surface area contributed by atoms with E-state index in [9.17, 15) is 9.50 Å². The van der Waals surface area contributed by atoms with E-state index in [1.54, 1.807) is 7.11 Å². The summed E-state index contributed by atoms with van der Waals surface area (Å²) >= 11 is 0. The van der Waals surface area contributed by atoms with Crippen molar-refractivity contribution in [1.82, 2.24) is 4.90 Å². The van der Waals surface area contributed by atoms with E-state index in [0.29, 0.717) is 30.3 Å². The Morgan fingerprint density at radius 2 is 2.00 bits per heavy atom. The Labute approximate surface area is 174 Å². The topological polar surface area (TPSA) is 41.9 Å². The monoisotopic (exact) mass is 405 g/mol. The number of piperidine rings is 1. The molecule has 0 bridgehead atoms. The third-order valence-corrected chi connectivity index (χ3v) is 6.98. The largest absolute Gasteiger partial charge is 0.493 e. The summed E-state index contributed by atoms with van der Waals surface area (Å²) in [5.74, 6) is 1.63. The maximum atomic E-state index is 14.4. The van der Waals surface area contributed by atoms with Crippen molar-refractivity contribution in [3.63, 3.8) is 0 Å². The Morgan fingerprint density at radius 1 is 1.24 bits per heavy atom. The third-order valence-electron chi connectivity index (χ3n) is 6.98. The highest BCUT2D eigenvalue weighted by molar-refractivity contribution is 5.49. The maximum Gasteiger partial charge on any atom is 0.161 e. The lowest BCUT2D eigenvalue weighted by Gasteiger charge is -2.47. The van der Waals surface area contributed by atoms with Gasteiger partial charge in [0.25, 0.3) is 0 Å². The molecular weight excluding hydrogens is 369 g/mol. The van der Waals surface area contributed by atoms with Crippen molar-refractivity contribution in [3.05, 3.63) is 23.3 Å². The molecule has 0 amide bonds. The number of rotatable bonds is 5.